The molecule has 0 nitrogen and oxygen atoms in total. The Morgan fingerprint density at radius 2 is 0.567 bits per heavy atom. The van der Waals surface area contributed by atoms with Gasteiger partial charge in [0.05, 0.1) is 0 Å². The fourth-order valence-corrected chi connectivity index (χ4v) is 5.23. The van der Waals surface area contributed by atoms with Gasteiger partial charge in [0.15, 0.2) is 0 Å². The summed E-state index contributed by atoms with van der Waals surface area (Å²) in [6.07, 6.45) is 38.7. The van der Waals surface area contributed by atoms with Gasteiger partial charge in [-0.25, -0.2) is 0 Å². The van der Waals surface area contributed by atoms with Crippen molar-refractivity contribution in [1.29, 1.82) is 0 Å². The fourth-order valence-electron chi connectivity index (χ4n) is 5.23. The molecular weight excluding hydrogens is 360 g/mol. The third-order valence-corrected chi connectivity index (χ3v) is 7.07. The molecule has 0 saturated carbocycles. The Balaban J connectivity index is 1.03. The molecule has 0 amide bonds. The van der Waals surface area contributed by atoms with Gasteiger partial charge in [-0.1, -0.05) is 85.1 Å². The van der Waals surface area contributed by atoms with Gasteiger partial charge in [0.25, 0.3) is 0 Å². The molecule has 0 N–H and O–H groups in total. The van der Waals surface area contributed by atoms with Gasteiger partial charge in [-0.2, -0.15) is 0 Å². The van der Waals surface area contributed by atoms with Crippen molar-refractivity contribution in [3.05, 3.63) is 141 Å². The van der Waals surface area contributed by atoms with Crippen LogP contribution < -0.4 is 0 Å². The lowest BCUT2D eigenvalue weighted by molar-refractivity contribution is 1.04. The van der Waals surface area contributed by atoms with Crippen LogP contribution in [0.5, 0.6) is 0 Å². The summed E-state index contributed by atoms with van der Waals surface area (Å²) >= 11 is 0. The summed E-state index contributed by atoms with van der Waals surface area (Å²) in [6, 6.07) is 0. The fraction of sp³-hybridized carbons (Fsp3) is 0.200. The number of hydrogen-bond acceptors (Lipinski definition) is 0. The molecule has 146 valence electrons. The van der Waals surface area contributed by atoms with Crippen LogP contribution in [0, 0.1) is 0 Å². The van der Waals surface area contributed by atoms with E-state index in [0.717, 1.165) is 38.5 Å². The molecular formula is C30H26. The molecule has 30 heavy (non-hydrogen) atoms. The Morgan fingerprint density at radius 3 is 0.800 bits per heavy atom. The molecule has 0 radical (unpaired) electrons. The highest BCUT2D eigenvalue weighted by Gasteiger charge is 2.23. The van der Waals surface area contributed by atoms with E-state index in [1.807, 2.05) is 0 Å². The van der Waals surface area contributed by atoms with Gasteiger partial charge in [0.1, 0.15) is 0 Å². The predicted octanol–water partition coefficient (Wildman–Crippen LogP) is 7.79. The van der Waals surface area contributed by atoms with Crippen LogP contribution in [0.3, 0.4) is 0 Å². The van der Waals surface area contributed by atoms with Crippen LogP contribution in [0.4, 0.5) is 0 Å². The second-order valence-electron chi connectivity index (χ2n) is 8.89. The molecule has 0 aromatic heterocycles. The van der Waals surface area contributed by atoms with E-state index in [1.165, 1.54) is 55.7 Å². The minimum absolute atomic E-state index is 1.08. The lowest BCUT2D eigenvalue weighted by atomic mass is 9.92. The molecule has 6 aliphatic rings. The highest BCUT2D eigenvalue weighted by Crippen LogP contribution is 2.42. The van der Waals surface area contributed by atoms with E-state index in [4.69, 9.17) is 0 Å². The molecule has 0 atom stereocenters. The standard InChI is InChI=1S/C30H26/c1-2-6-21(5-1)23-9-11-25(17-23)27-13-15-29(19-27)30-16-14-28(20-30)26-12-10-24(18-26)22-7-3-4-8-22/h1-5,7,9-16H,6,8,17-20H2. The number of hydrogen-bond donors (Lipinski definition) is 0. The third kappa shape index (κ3) is 3.17. The highest BCUT2D eigenvalue weighted by molar-refractivity contribution is 5.61. The summed E-state index contributed by atoms with van der Waals surface area (Å²) in [7, 11) is 0. The van der Waals surface area contributed by atoms with Crippen LogP contribution in [0.25, 0.3) is 0 Å². The molecule has 0 fully saturated rings. The molecule has 0 saturated heterocycles. The Bertz CT molecular complexity index is 1100. The second kappa shape index (κ2) is 7.29. The summed E-state index contributed by atoms with van der Waals surface area (Å²) in [5, 5.41) is 0. The molecule has 6 aliphatic carbocycles. The molecule has 0 spiro atoms. The maximum atomic E-state index is 2.36. The first-order valence-electron chi connectivity index (χ1n) is 11.2. The topological polar surface area (TPSA) is 0 Å². The molecule has 0 aliphatic heterocycles. The van der Waals surface area contributed by atoms with E-state index < -0.39 is 0 Å². The van der Waals surface area contributed by atoms with Crippen molar-refractivity contribution < 1.29 is 0 Å². The van der Waals surface area contributed by atoms with Crippen molar-refractivity contribution in [3.8, 4) is 0 Å². The SMILES string of the molecule is C1=CCC(C2=CC=C(C3=CC=C(C4=CC=C(C5=CC=C(C6=CC=CC6)C5)C4)C3)C2)=C1. The Morgan fingerprint density at radius 1 is 0.300 bits per heavy atom. The van der Waals surface area contributed by atoms with Gasteiger partial charge in [0, 0.05) is 0 Å². The van der Waals surface area contributed by atoms with Crippen LogP contribution in [0.15, 0.2) is 141 Å². The van der Waals surface area contributed by atoms with Gasteiger partial charge in [-0.15, -0.1) is 0 Å². The lowest BCUT2D eigenvalue weighted by Gasteiger charge is -2.12. The smallest absolute Gasteiger partial charge is 0.00201 e. The van der Waals surface area contributed by atoms with Crippen molar-refractivity contribution >= 4 is 0 Å². The molecule has 0 unspecified atom stereocenters. The van der Waals surface area contributed by atoms with Crippen molar-refractivity contribution in [2.24, 2.45) is 0 Å². The number of allylic oxidation sites excluding steroid dienone is 24. The van der Waals surface area contributed by atoms with Gasteiger partial charge >= 0.3 is 0 Å². The minimum Gasteiger partial charge on any atom is -0.0801 e. The van der Waals surface area contributed by atoms with E-state index in [-0.39, 0.29) is 0 Å². The summed E-state index contributed by atoms with van der Waals surface area (Å²) < 4.78 is 0. The molecule has 0 bridgehead atoms. The maximum Gasteiger partial charge on any atom is -0.00201 e. The predicted molar refractivity (Wildman–Crippen MR) is 127 cm³/mol. The lowest BCUT2D eigenvalue weighted by Crippen LogP contribution is -1.94. The zero-order valence-electron chi connectivity index (χ0n) is 17.3. The first kappa shape index (κ1) is 17.7. The summed E-state index contributed by atoms with van der Waals surface area (Å²) in [5.74, 6) is 0. The van der Waals surface area contributed by atoms with Crippen molar-refractivity contribution in [2.45, 2.75) is 38.5 Å². The normalized spacial score (nSPS) is 24.3. The zero-order valence-corrected chi connectivity index (χ0v) is 17.3. The van der Waals surface area contributed by atoms with E-state index in [0.29, 0.717) is 0 Å². The van der Waals surface area contributed by atoms with Crippen molar-refractivity contribution in [3.63, 3.8) is 0 Å². The highest BCUT2D eigenvalue weighted by atomic mass is 14.3. The molecule has 0 aromatic carbocycles. The van der Waals surface area contributed by atoms with Crippen LogP contribution in [-0.2, 0) is 0 Å². The van der Waals surface area contributed by atoms with Gasteiger partial charge in [-0.05, 0) is 94.3 Å². The summed E-state index contributed by atoms with van der Waals surface area (Å²) in [5.41, 5.74) is 15.0. The summed E-state index contributed by atoms with van der Waals surface area (Å²) in [4.78, 5) is 0. The molecule has 0 aromatic rings. The van der Waals surface area contributed by atoms with Crippen molar-refractivity contribution in [1.82, 2.24) is 0 Å². The number of rotatable bonds is 5. The quantitative estimate of drug-likeness (QED) is 0.452. The Hall–Kier alpha value is -3.12. The van der Waals surface area contributed by atoms with Crippen molar-refractivity contribution in [2.75, 3.05) is 0 Å². The largest absolute Gasteiger partial charge is 0.0801 e. The maximum absolute atomic E-state index is 2.36. The second-order valence-corrected chi connectivity index (χ2v) is 8.89. The van der Waals surface area contributed by atoms with Crippen LogP contribution in [0.1, 0.15) is 38.5 Å². The minimum atomic E-state index is 1.08. The van der Waals surface area contributed by atoms with Gasteiger partial charge in [-0.3, -0.25) is 0 Å². The van der Waals surface area contributed by atoms with E-state index in [9.17, 15) is 0 Å². The first-order valence-corrected chi connectivity index (χ1v) is 11.2. The monoisotopic (exact) mass is 386 g/mol. The van der Waals surface area contributed by atoms with Gasteiger partial charge in [0.2, 0.25) is 0 Å². The van der Waals surface area contributed by atoms with Crippen LogP contribution in [-0.4, -0.2) is 0 Å². The third-order valence-electron chi connectivity index (χ3n) is 7.07. The first-order chi connectivity index (χ1) is 14.8. The average Bonchev–Trinajstić information content (AvgIpc) is 3.62. The molecule has 0 heteroatoms. The van der Waals surface area contributed by atoms with E-state index in [1.54, 1.807) is 0 Å². The molecule has 0 heterocycles. The Kier molecular flexibility index (Phi) is 4.30. The molecule has 6 rings (SSSR count). The van der Waals surface area contributed by atoms with Crippen LogP contribution in [0.2, 0.25) is 0 Å². The zero-order chi connectivity index (χ0) is 19.9. The van der Waals surface area contributed by atoms with E-state index >= 15 is 0 Å². The summed E-state index contributed by atoms with van der Waals surface area (Å²) in [6.45, 7) is 0. The van der Waals surface area contributed by atoms with Crippen LogP contribution >= 0.6 is 0 Å². The van der Waals surface area contributed by atoms with Gasteiger partial charge < -0.3 is 0 Å². The van der Waals surface area contributed by atoms with E-state index in [2.05, 4.69) is 85.1 Å². The Labute approximate surface area is 179 Å². The average molecular weight is 387 g/mol.